The van der Waals surface area contributed by atoms with Crippen LogP contribution < -0.4 is 14.2 Å². The number of nitrogens with zero attached hydrogens (tertiary/aromatic N) is 2. The van der Waals surface area contributed by atoms with Gasteiger partial charge in [0.1, 0.15) is 41.8 Å². The highest BCUT2D eigenvalue weighted by atomic mass is 16.7. The average Bonchev–Trinajstić information content (AvgIpc) is 3.11. The molecule has 280 valence electrons. The fourth-order valence-corrected chi connectivity index (χ4v) is 5.19. The third-order valence-electron chi connectivity index (χ3n) is 7.83. The zero-order valence-corrected chi connectivity index (χ0v) is 30.7. The van der Waals surface area contributed by atoms with Gasteiger partial charge in [-0.25, -0.2) is 4.79 Å². The van der Waals surface area contributed by atoms with Gasteiger partial charge in [-0.1, -0.05) is 0 Å². The molecule has 0 spiro atoms. The molecular weight excluding hydrogens is 656 g/mol. The van der Waals surface area contributed by atoms with Crippen molar-refractivity contribution in [1.82, 2.24) is 9.80 Å². The number of amides is 2. The summed E-state index contributed by atoms with van der Waals surface area (Å²) in [6.07, 6.45) is 12.0. The van der Waals surface area contributed by atoms with Gasteiger partial charge in [-0.05, 0) is 95.7 Å². The number of rotatable bonds is 13. The largest absolute Gasteiger partial charge is 0.514 e. The molecule has 4 rings (SSSR count). The number of hydrogen-bond donors (Lipinski definition) is 1. The Hall–Kier alpha value is -4.55. The van der Waals surface area contributed by atoms with E-state index in [4.69, 9.17) is 28.4 Å². The first-order chi connectivity index (χ1) is 24.5. The molecular formula is C39H54N2O10. The first-order valence-electron chi connectivity index (χ1n) is 17.5. The van der Waals surface area contributed by atoms with Crippen molar-refractivity contribution in [2.75, 3.05) is 66.8 Å². The molecule has 2 amide bonds. The quantitative estimate of drug-likeness (QED) is 0.106. The Bertz CT molecular complexity index is 1450. The molecule has 2 aliphatic rings. The number of carbonyl (C=O) groups is 3. The fourth-order valence-electron chi connectivity index (χ4n) is 5.19. The Labute approximate surface area is 301 Å². The van der Waals surface area contributed by atoms with E-state index in [9.17, 15) is 19.5 Å². The molecule has 0 aliphatic carbocycles. The molecule has 0 atom stereocenters. The van der Waals surface area contributed by atoms with Crippen LogP contribution in [-0.2, 0) is 23.8 Å². The van der Waals surface area contributed by atoms with Gasteiger partial charge in [0.15, 0.2) is 0 Å². The van der Waals surface area contributed by atoms with Crippen molar-refractivity contribution in [3.8, 4) is 23.0 Å². The number of phenolic OH excluding ortho intramolecular Hbond substituents is 1. The maximum Gasteiger partial charge on any atom is 0.514 e. The number of phenols is 1. The molecule has 2 aromatic rings. The van der Waals surface area contributed by atoms with Crippen molar-refractivity contribution >= 4 is 30.1 Å². The fraction of sp³-hybridized carbons (Fsp3) is 0.513. The summed E-state index contributed by atoms with van der Waals surface area (Å²) in [7, 11) is 3.20. The maximum atomic E-state index is 12.4. The monoisotopic (exact) mass is 710 g/mol. The van der Waals surface area contributed by atoms with Crippen LogP contribution in [0.1, 0.15) is 70.4 Å². The van der Waals surface area contributed by atoms with E-state index >= 15 is 0 Å². The smallest absolute Gasteiger partial charge is 0.507 e. The van der Waals surface area contributed by atoms with Crippen molar-refractivity contribution in [3.05, 3.63) is 59.7 Å². The van der Waals surface area contributed by atoms with Crippen LogP contribution in [0.2, 0.25) is 0 Å². The Morgan fingerprint density at radius 1 is 0.686 bits per heavy atom. The predicted molar refractivity (Wildman–Crippen MR) is 195 cm³/mol. The Morgan fingerprint density at radius 2 is 1.16 bits per heavy atom. The van der Waals surface area contributed by atoms with Gasteiger partial charge >= 0.3 is 6.16 Å². The Kier molecular flexibility index (Phi) is 17.3. The second kappa shape index (κ2) is 21.6. The van der Waals surface area contributed by atoms with Gasteiger partial charge in [0, 0.05) is 75.8 Å². The first-order valence-corrected chi connectivity index (χ1v) is 17.5. The molecule has 1 N–H and O–H groups in total. The number of piperidine rings is 2. The van der Waals surface area contributed by atoms with Crippen molar-refractivity contribution in [1.29, 1.82) is 0 Å². The summed E-state index contributed by atoms with van der Waals surface area (Å²) in [4.78, 5) is 40.3. The molecule has 0 aromatic heterocycles. The van der Waals surface area contributed by atoms with Crippen LogP contribution in [-0.4, -0.2) is 105 Å². The predicted octanol–water partition coefficient (Wildman–Crippen LogP) is 6.49. The normalized spacial score (nSPS) is 14.9. The van der Waals surface area contributed by atoms with Crippen LogP contribution in [0.3, 0.4) is 0 Å². The van der Waals surface area contributed by atoms with Crippen molar-refractivity contribution in [2.45, 2.75) is 64.9 Å². The molecule has 0 unspecified atom stereocenters. The van der Waals surface area contributed by atoms with E-state index in [1.807, 2.05) is 9.80 Å². The van der Waals surface area contributed by atoms with Gasteiger partial charge in [-0.2, -0.15) is 0 Å². The van der Waals surface area contributed by atoms with Gasteiger partial charge in [0.25, 0.3) is 0 Å². The molecule has 2 fully saturated rings. The maximum absolute atomic E-state index is 12.4. The van der Waals surface area contributed by atoms with Crippen molar-refractivity contribution in [3.63, 3.8) is 0 Å². The topological polar surface area (TPSA) is 133 Å². The zero-order chi connectivity index (χ0) is 37.1. The molecule has 0 bridgehead atoms. The van der Waals surface area contributed by atoms with Crippen LogP contribution in [0.4, 0.5) is 4.79 Å². The standard InChI is InChI=1S/C22H31NO6.C17H23NO4/c1-22(2,3)29-21(25)28-19-16-18(27-15-14-26-4)10-8-17(19)9-11-20(24)23-12-6-5-7-13-23;1-21-11-12-22-15-7-5-14(16(19)13-15)6-8-17(20)18-9-3-2-4-10-18/h8-11,16H,5-7,12-15H2,1-4H3;5-8,13,19H,2-4,9-12H2,1H3/b11-9+;8-6+. The third kappa shape index (κ3) is 15.5. The number of ether oxygens (including phenoxy) is 6. The molecule has 12 heteroatoms. The lowest BCUT2D eigenvalue weighted by Gasteiger charge is -2.25. The van der Waals surface area contributed by atoms with E-state index in [1.54, 1.807) is 83.5 Å². The van der Waals surface area contributed by atoms with Crippen LogP contribution in [0.15, 0.2) is 48.6 Å². The van der Waals surface area contributed by atoms with Gasteiger partial charge in [-0.15, -0.1) is 0 Å². The van der Waals surface area contributed by atoms with Crippen molar-refractivity contribution < 1.29 is 47.9 Å². The molecule has 2 heterocycles. The summed E-state index contributed by atoms with van der Waals surface area (Å²) in [5.41, 5.74) is 0.508. The van der Waals surface area contributed by atoms with E-state index in [1.165, 1.54) is 18.6 Å². The minimum Gasteiger partial charge on any atom is -0.507 e. The summed E-state index contributed by atoms with van der Waals surface area (Å²) in [5, 5.41) is 9.98. The first kappa shape index (κ1) is 40.9. The number of carbonyl (C=O) groups excluding carboxylic acids is 3. The molecule has 51 heavy (non-hydrogen) atoms. The molecule has 2 saturated heterocycles. The number of methoxy groups -OCH3 is 2. The summed E-state index contributed by atoms with van der Waals surface area (Å²) in [5.74, 6) is 1.41. The number of aromatic hydroxyl groups is 1. The summed E-state index contributed by atoms with van der Waals surface area (Å²) in [6, 6.07) is 10.1. The summed E-state index contributed by atoms with van der Waals surface area (Å²) >= 11 is 0. The van der Waals surface area contributed by atoms with E-state index in [0.29, 0.717) is 49.1 Å². The molecule has 0 saturated carbocycles. The molecule has 12 nitrogen and oxygen atoms in total. The number of hydrogen-bond acceptors (Lipinski definition) is 10. The highest BCUT2D eigenvalue weighted by Crippen LogP contribution is 2.28. The lowest BCUT2D eigenvalue weighted by atomic mass is 10.1. The molecule has 2 aliphatic heterocycles. The Balaban J connectivity index is 0.000000286. The van der Waals surface area contributed by atoms with Gasteiger partial charge in [0.05, 0.1) is 13.2 Å². The van der Waals surface area contributed by atoms with E-state index in [2.05, 4.69) is 0 Å². The van der Waals surface area contributed by atoms with E-state index in [-0.39, 0.29) is 23.3 Å². The third-order valence-corrected chi connectivity index (χ3v) is 7.83. The SMILES string of the molecule is COCCOc1ccc(/C=C/C(=O)N2CCCCC2)c(O)c1.COCCOc1ccc(/C=C/C(=O)N2CCCCC2)c(OC(=O)OC(C)(C)C)c1. The molecule has 0 radical (unpaired) electrons. The van der Waals surface area contributed by atoms with Crippen molar-refractivity contribution in [2.24, 2.45) is 0 Å². The van der Waals surface area contributed by atoms with Crippen LogP contribution >= 0.6 is 0 Å². The average molecular weight is 711 g/mol. The lowest BCUT2D eigenvalue weighted by molar-refractivity contribution is -0.127. The second-order valence-electron chi connectivity index (χ2n) is 13.1. The minimum absolute atomic E-state index is 0.000443. The highest BCUT2D eigenvalue weighted by molar-refractivity contribution is 5.93. The summed E-state index contributed by atoms with van der Waals surface area (Å²) < 4.78 is 31.5. The van der Waals surface area contributed by atoms with Crippen LogP contribution in [0.25, 0.3) is 12.2 Å². The highest BCUT2D eigenvalue weighted by Gasteiger charge is 2.20. The van der Waals surface area contributed by atoms with E-state index in [0.717, 1.165) is 58.3 Å². The van der Waals surface area contributed by atoms with Crippen LogP contribution in [0, 0.1) is 0 Å². The Morgan fingerprint density at radius 3 is 1.63 bits per heavy atom. The summed E-state index contributed by atoms with van der Waals surface area (Å²) in [6.45, 7) is 10.2. The number of benzene rings is 2. The van der Waals surface area contributed by atoms with E-state index < -0.39 is 11.8 Å². The lowest BCUT2D eigenvalue weighted by Crippen LogP contribution is -2.34. The molecule has 2 aromatic carbocycles. The van der Waals surface area contributed by atoms with Gasteiger partial charge in [-0.3, -0.25) is 9.59 Å². The number of likely N-dealkylation sites (tertiary alicyclic amines) is 2. The van der Waals surface area contributed by atoms with Crippen LogP contribution in [0.5, 0.6) is 23.0 Å². The second-order valence-corrected chi connectivity index (χ2v) is 13.1. The van der Waals surface area contributed by atoms with Gasteiger partial charge in [0.2, 0.25) is 11.8 Å². The minimum atomic E-state index is -0.816. The van der Waals surface area contributed by atoms with Gasteiger partial charge < -0.3 is 43.3 Å². The zero-order valence-electron chi connectivity index (χ0n) is 30.7.